The highest BCUT2D eigenvalue weighted by molar-refractivity contribution is 4.95. The summed E-state index contributed by atoms with van der Waals surface area (Å²) in [5.74, 6) is 0. The van der Waals surface area contributed by atoms with Crippen LogP contribution in [0.15, 0.2) is 12.7 Å². The third-order valence-corrected chi connectivity index (χ3v) is 3.29. The molecule has 3 unspecified atom stereocenters. The van der Waals surface area contributed by atoms with Gasteiger partial charge in [-0.05, 0) is 32.7 Å². The zero-order valence-electron chi connectivity index (χ0n) is 10.4. The molecule has 1 heterocycles. The Labute approximate surface area is 94.1 Å². The van der Waals surface area contributed by atoms with Crippen molar-refractivity contribution in [2.75, 3.05) is 13.1 Å². The van der Waals surface area contributed by atoms with Crippen molar-refractivity contribution in [1.29, 1.82) is 0 Å². The van der Waals surface area contributed by atoms with E-state index in [1.54, 1.807) is 0 Å². The molecule has 1 aliphatic rings. The SMILES string of the molecule is C=CC(C)(CNCC)CC1CCC(C)O1. The largest absolute Gasteiger partial charge is 0.375 e. The summed E-state index contributed by atoms with van der Waals surface area (Å²) < 4.78 is 5.86. The molecule has 1 aliphatic heterocycles. The third-order valence-electron chi connectivity index (χ3n) is 3.29. The summed E-state index contributed by atoms with van der Waals surface area (Å²) in [6, 6.07) is 0. The number of rotatable bonds is 6. The van der Waals surface area contributed by atoms with E-state index in [0.717, 1.165) is 19.5 Å². The molecule has 0 aliphatic carbocycles. The second-order valence-corrected chi connectivity index (χ2v) is 4.99. The standard InChI is InChI=1S/C13H25NO/c1-5-13(4,10-14-6-2)9-12-8-7-11(3)15-12/h5,11-12,14H,1,6-10H2,2-4H3. The smallest absolute Gasteiger partial charge is 0.0588 e. The lowest BCUT2D eigenvalue weighted by molar-refractivity contribution is 0.0334. The van der Waals surface area contributed by atoms with Crippen molar-refractivity contribution in [3.8, 4) is 0 Å². The van der Waals surface area contributed by atoms with Gasteiger partial charge in [0.25, 0.3) is 0 Å². The van der Waals surface area contributed by atoms with Gasteiger partial charge in [-0.25, -0.2) is 0 Å². The minimum atomic E-state index is 0.171. The van der Waals surface area contributed by atoms with Crippen LogP contribution in [0.2, 0.25) is 0 Å². The summed E-state index contributed by atoms with van der Waals surface area (Å²) in [6.07, 6.45) is 6.45. The summed E-state index contributed by atoms with van der Waals surface area (Å²) in [4.78, 5) is 0. The molecule has 1 rings (SSSR count). The van der Waals surface area contributed by atoms with Crippen LogP contribution in [-0.2, 0) is 4.74 Å². The van der Waals surface area contributed by atoms with E-state index >= 15 is 0 Å². The average molecular weight is 211 g/mol. The Morgan fingerprint density at radius 3 is 2.73 bits per heavy atom. The summed E-state index contributed by atoms with van der Waals surface area (Å²) in [5, 5.41) is 3.40. The summed E-state index contributed by atoms with van der Waals surface area (Å²) in [5.41, 5.74) is 0.171. The zero-order valence-corrected chi connectivity index (χ0v) is 10.4. The van der Waals surface area contributed by atoms with Crippen molar-refractivity contribution in [2.24, 2.45) is 5.41 Å². The molecular weight excluding hydrogens is 186 g/mol. The van der Waals surface area contributed by atoms with Crippen molar-refractivity contribution in [3.05, 3.63) is 12.7 Å². The Balaban J connectivity index is 2.41. The van der Waals surface area contributed by atoms with Crippen LogP contribution in [0, 0.1) is 5.41 Å². The van der Waals surface area contributed by atoms with Crippen LogP contribution >= 0.6 is 0 Å². The zero-order chi connectivity index (χ0) is 11.3. The van der Waals surface area contributed by atoms with Gasteiger partial charge >= 0.3 is 0 Å². The van der Waals surface area contributed by atoms with Crippen molar-refractivity contribution >= 4 is 0 Å². The van der Waals surface area contributed by atoms with Gasteiger partial charge in [0.05, 0.1) is 12.2 Å². The van der Waals surface area contributed by atoms with Crippen LogP contribution in [0.4, 0.5) is 0 Å². The molecule has 1 saturated heterocycles. The van der Waals surface area contributed by atoms with Crippen molar-refractivity contribution in [3.63, 3.8) is 0 Å². The van der Waals surface area contributed by atoms with Crippen LogP contribution in [-0.4, -0.2) is 25.3 Å². The lowest BCUT2D eigenvalue weighted by atomic mass is 9.83. The van der Waals surface area contributed by atoms with Gasteiger partial charge in [-0.2, -0.15) is 0 Å². The van der Waals surface area contributed by atoms with Gasteiger partial charge in [-0.1, -0.05) is 19.9 Å². The van der Waals surface area contributed by atoms with E-state index in [2.05, 4.69) is 38.7 Å². The fourth-order valence-corrected chi connectivity index (χ4v) is 2.19. The molecule has 0 aromatic heterocycles. The van der Waals surface area contributed by atoms with E-state index in [4.69, 9.17) is 4.74 Å². The molecule has 1 N–H and O–H groups in total. The van der Waals surface area contributed by atoms with Crippen LogP contribution in [0.3, 0.4) is 0 Å². The van der Waals surface area contributed by atoms with E-state index < -0.39 is 0 Å². The molecule has 2 heteroatoms. The molecule has 88 valence electrons. The Kier molecular flexibility index (Phi) is 4.81. The minimum Gasteiger partial charge on any atom is -0.375 e. The molecule has 0 saturated carbocycles. The molecule has 0 aromatic carbocycles. The number of hydrogen-bond acceptors (Lipinski definition) is 2. The van der Waals surface area contributed by atoms with Crippen LogP contribution in [0.5, 0.6) is 0 Å². The molecular formula is C13H25NO. The van der Waals surface area contributed by atoms with Gasteiger partial charge in [-0.3, -0.25) is 0 Å². The molecule has 1 fully saturated rings. The maximum absolute atomic E-state index is 5.86. The first-order valence-electron chi connectivity index (χ1n) is 6.09. The molecule has 0 radical (unpaired) electrons. The highest BCUT2D eigenvalue weighted by Crippen LogP contribution is 2.31. The van der Waals surface area contributed by atoms with E-state index in [1.165, 1.54) is 12.8 Å². The third kappa shape index (κ3) is 3.96. The maximum Gasteiger partial charge on any atom is 0.0588 e. The first kappa shape index (κ1) is 12.7. The monoisotopic (exact) mass is 211 g/mol. The van der Waals surface area contributed by atoms with Crippen LogP contribution in [0.1, 0.15) is 40.0 Å². The van der Waals surface area contributed by atoms with Gasteiger partial charge in [0, 0.05) is 12.0 Å². The van der Waals surface area contributed by atoms with E-state index in [9.17, 15) is 0 Å². The normalized spacial score (nSPS) is 30.1. The van der Waals surface area contributed by atoms with Gasteiger partial charge in [0.15, 0.2) is 0 Å². The first-order chi connectivity index (χ1) is 7.09. The van der Waals surface area contributed by atoms with Gasteiger partial charge in [0.2, 0.25) is 0 Å². The van der Waals surface area contributed by atoms with Gasteiger partial charge < -0.3 is 10.1 Å². The number of hydrogen-bond donors (Lipinski definition) is 1. The Bertz CT molecular complexity index is 205. The molecule has 15 heavy (non-hydrogen) atoms. The fraction of sp³-hybridized carbons (Fsp3) is 0.846. The highest BCUT2D eigenvalue weighted by Gasteiger charge is 2.29. The van der Waals surface area contributed by atoms with Crippen LogP contribution < -0.4 is 5.32 Å². The predicted molar refractivity (Wildman–Crippen MR) is 65.0 cm³/mol. The Morgan fingerprint density at radius 2 is 2.27 bits per heavy atom. The second kappa shape index (κ2) is 5.66. The minimum absolute atomic E-state index is 0.171. The molecule has 0 amide bonds. The molecule has 0 spiro atoms. The molecule has 0 aromatic rings. The van der Waals surface area contributed by atoms with Gasteiger partial charge in [0.1, 0.15) is 0 Å². The maximum atomic E-state index is 5.86. The summed E-state index contributed by atoms with van der Waals surface area (Å²) in [6.45, 7) is 12.5. The topological polar surface area (TPSA) is 21.3 Å². The Morgan fingerprint density at radius 1 is 1.53 bits per heavy atom. The van der Waals surface area contributed by atoms with Crippen molar-refractivity contribution in [2.45, 2.75) is 52.2 Å². The predicted octanol–water partition coefficient (Wildman–Crippen LogP) is 2.75. The summed E-state index contributed by atoms with van der Waals surface area (Å²) >= 11 is 0. The number of ether oxygens (including phenoxy) is 1. The summed E-state index contributed by atoms with van der Waals surface area (Å²) in [7, 11) is 0. The lowest BCUT2D eigenvalue weighted by Crippen LogP contribution is -2.33. The second-order valence-electron chi connectivity index (χ2n) is 4.99. The molecule has 2 nitrogen and oxygen atoms in total. The van der Waals surface area contributed by atoms with E-state index in [-0.39, 0.29) is 5.41 Å². The van der Waals surface area contributed by atoms with Gasteiger partial charge in [-0.15, -0.1) is 6.58 Å². The first-order valence-corrected chi connectivity index (χ1v) is 6.09. The van der Waals surface area contributed by atoms with Crippen molar-refractivity contribution < 1.29 is 4.74 Å². The Hall–Kier alpha value is -0.340. The molecule has 3 atom stereocenters. The quantitative estimate of drug-likeness (QED) is 0.682. The molecule has 0 bridgehead atoms. The number of nitrogens with one attached hydrogen (secondary N) is 1. The van der Waals surface area contributed by atoms with E-state index in [1.807, 2.05) is 0 Å². The lowest BCUT2D eigenvalue weighted by Gasteiger charge is -2.29. The highest BCUT2D eigenvalue weighted by atomic mass is 16.5. The van der Waals surface area contributed by atoms with Crippen LogP contribution in [0.25, 0.3) is 0 Å². The average Bonchev–Trinajstić information content (AvgIpc) is 2.61. The van der Waals surface area contributed by atoms with Crippen molar-refractivity contribution in [1.82, 2.24) is 5.32 Å². The van der Waals surface area contributed by atoms with E-state index in [0.29, 0.717) is 12.2 Å². The fourth-order valence-electron chi connectivity index (χ4n) is 2.19.